The van der Waals surface area contributed by atoms with Gasteiger partial charge >= 0.3 is 0 Å². The zero-order valence-electron chi connectivity index (χ0n) is 11.2. The summed E-state index contributed by atoms with van der Waals surface area (Å²) in [5.74, 6) is 0.428. The van der Waals surface area contributed by atoms with Gasteiger partial charge < -0.3 is 10.1 Å². The highest BCUT2D eigenvalue weighted by Crippen LogP contribution is 2.24. The van der Waals surface area contributed by atoms with Crippen LogP contribution in [0.15, 0.2) is 47.1 Å². The quantitative estimate of drug-likeness (QED) is 0.762. The van der Waals surface area contributed by atoms with E-state index >= 15 is 0 Å². The summed E-state index contributed by atoms with van der Waals surface area (Å²) in [6, 6.07) is 10.8. The summed E-state index contributed by atoms with van der Waals surface area (Å²) in [6.45, 7) is 0. The van der Waals surface area contributed by atoms with E-state index in [9.17, 15) is 4.79 Å². The van der Waals surface area contributed by atoms with Crippen molar-refractivity contribution >= 4 is 38.4 Å². The molecule has 5 nitrogen and oxygen atoms in total. The third kappa shape index (κ3) is 2.75. The second-order valence-electron chi connectivity index (χ2n) is 4.47. The lowest BCUT2D eigenvalue weighted by molar-refractivity contribution is 0.102. The highest BCUT2D eigenvalue weighted by Gasteiger charge is 2.12. The summed E-state index contributed by atoms with van der Waals surface area (Å²) in [7, 11) is 1.57. The number of fused-ring (bicyclic) bond motifs is 1. The molecule has 0 spiro atoms. The highest BCUT2D eigenvalue weighted by atomic mass is 79.9. The van der Waals surface area contributed by atoms with Gasteiger partial charge in [0.15, 0.2) is 0 Å². The SMILES string of the molecule is COc1ccc(Br)c(C(=O)Nc2ccc3[nH]ncc3c2)c1. The Morgan fingerprint density at radius 3 is 2.95 bits per heavy atom. The molecule has 2 N–H and O–H groups in total. The van der Waals surface area contributed by atoms with E-state index in [4.69, 9.17) is 4.74 Å². The number of amides is 1. The molecule has 0 aliphatic carbocycles. The molecule has 0 bridgehead atoms. The molecule has 0 fully saturated rings. The number of halogens is 1. The molecule has 0 atom stereocenters. The zero-order valence-corrected chi connectivity index (χ0v) is 12.8. The molecule has 3 aromatic rings. The minimum Gasteiger partial charge on any atom is -0.497 e. The molecule has 1 amide bonds. The number of nitrogens with one attached hydrogen (secondary N) is 2. The fourth-order valence-corrected chi connectivity index (χ4v) is 2.45. The predicted octanol–water partition coefficient (Wildman–Crippen LogP) is 3.59. The number of anilines is 1. The first-order valence-corrected chi connectivity index (χ1v) is 7.05. The van der Waals surface area contributed by atoms with Crippen molar-refractivity contribution in [3.05, 3.63) is 52.6 Å². The number of nitrogens with zero attached hydrogens (tertiary/aromatic N) is 1. The van der Waals surface area contributed by atoms with Crippen molar-refractivity contribution in [2.75, 3.05) is 12.4 Å². The lowest BCUT2D eigenvalue weighted by Gasteiger charge is -2.08. The summed E-state index contributed by atoms with van der Waals surface area (Å²) in [5, 5.41) is 10.6. The molecular formula is C15H12BrN3O2. The van der Waals surface area contributed by atoms with Gasteiger partial charge in [-0.3, -0.25) is 9.89 Å². The molecule has 0 unspecified atom stereocenters. The molecule has 1 heterocycles. The van der Waals surface area contributed by atoms with Gasteiger partial charge in [-0.15, -0.1) is 0 Å². The lowest BCUT2D eigenvalue weighted by atomic mass is 10.2. The van der Waals surface area contributed by atoms with Crippen LogP contribution in [0.25, 0.3) is 10.9 Å². The Labute approximate surface area is 129 Å². The molecule has 106 valence electrons. The fourth-order valence-electron chi connectivity index (χ4n) is 2.02. The number of rotatable bonds is 3. The number of aromatic amines is 1. The third-order valence-corrected chi connectivity index (χ3v) is 3.81. The summed E-state index contributed by atoms with van der Waals surface area (Å²) in [4.78, 5) is 12.4. The molecule has 0 saturated carbocycles. The standard InChI is InChI=1S/C15H12BrN3O2/c1-21-11-3-4-13(16)12(7-11)15(20)18-10-2-5-14-9(6-10)8-17-19-14/h2-8H,1H3,(H,17,19)(H,18,20). The second kappa shape index (κ2) is 5.57. The van der Waals surface area contributed by atoms with Crippen molar-refractivity contribution in [1.82, 2.24) is 10.2 Å². The second-order valence-corrected chi connectivity index (χ2v) is 5.33. The van der Waals surface area contributed by atoms with Gasteiger partial charge in [0.25, 0.3) is 5.91 Å². The smallest absolute Gasteiger partial charge is 0.256 e. The largest absolute Gasteiger partial charge is 0.497 e. The zero-order chi connectivity index (χ0) is 14.8. The van der Waals surface area contributed by atoms with Crippen LogP contribution >= 0.6 is 15.9 Å². The third-order valence-electron chi connectivity index (χ3n) is 3.12. The van der Waals surface area contributed by atoms with Crippen LogP contribution in [0.2, 0.25) is 0 Å². The molecule has 1 aromatic heterocycles. The first kappa shape index (κ1) is 13.6. The van der Waals surface area contributed by atoms with Crippen LogP contribution in [0.4, 0.5) is 5.69 Å². The lowest BCUT2D eigenvalue weighted by Crippen LogP contribution is -2.12. The minimum atomic E-state index is -0.205. The van der Waals surface area contributed by atoms with Gasteiger partial charge in [0, 0.05) is 15.5 Å². The molecule has 6 heteroatoms. The number of carbonyl (C=O) groups excluding carboxylic acids is 1. The summed E-state index contributed by atoms with van der Waals surface area (Å²) in [6.07, 6.45) is 1.71. The summed E-state index contributed by atoms with van der Waals surface area (Å²) < 4.78 is 5.86. The molecule has 3 rings (SSSR count). The molecule has 21 heavy (non-hydrogen) atoms. The number of H-pyrrole nitrogens is 1. The van der Waals surface area contributed by atoms with Crippen molar-refractivity contribution in [2.45, 2.75) is 0 Å². The Morgan fingerprint density at radius 1 is 1.29 bits per heavy atom. The van der Waals surface area contributed by atoms with Crippen LogP contribution in [-0.4, -0.2) is 23.2 Å². The van der Waals surface area contributed by atoms with Crippen molar-refractivity contribution in [3.8, 4) is 5.75 Å². The molecule has 0 radical (unpaired) electrons. The highest BCUT2D eigenvalue weighted by molar-refractivity contribution is 9.10. The van der Waals surface area contributed by atoms with Gasteiger partial charge in [0.2, 0.25) is 0 Å². The van der Waals surface area contributed by atoms with E-state index in [1.807, 2.05) is 18.2 Å². The molecule has 0 saturated heterocycles. The van der Waals surface area contributed by atoms with E-state index in [2.05, 4.69) is 31.4 Å². The Kier molecular flexibility index (Phi) is 3.62. The Morgan fingerprint density at radius 2 is 2.14 bits per heavy atom. The number of benzene rings is 2. The van der Waals surface area contributed by atoms with E-state index in [1.54, 1.807) is 31.5 Å². The topological polar surface area (TPSA) is 67.0 Å². The number of hydrogen-bond donors (Lipinski definition) is 2. The number of hydrogen-bond acceptors (Lipinski definition) is 3. The average Bonchev–Trinajstić information content (AvgIpc) is 2.95. The van der Waals surface area contributed by atoms with Crippen LogP contribution in [0.5, 0.6) is 5.75 Å². The summed E-state index contributed by atoms with van der Waals surface area (Å²) in [5.41, 5.74) is 2.15. The van der Waals surface area contributed by atoms with Gasteiger partial charge in [-0.2, -0.15) is 5.10 Å². The number of carbonyl (C=O) groups is 1. The van der Waals surface area contributed by atoms with E-state index in [1.165, 1.54) is 0 Å². The normalized spacial score (nSPS) is 10.6. The van der Waals surface area contributed by atoms with Crippen LogP contribution in [0.1, 0.15) is 10.4 Å². The van der Waals surface area contributed by atoms with Crippen molar-refractivity contribution in [3.63, 3.8) is 0 Å². The number of aromatic nitrogens is 2. The van der Waals surface area contributed by atoms with Crippen molar-refractivity contribution < 1.29 is 9.53 Å². The van der Waals surface area contributed by atoms with Gasteiger partial charge in [0.05, 0.1) is 24.4 Å². The monoisotopic (exact) mass is 345 g/mol. The first-order chi connectivity index (χ1) is 10.2. The number of ether oxygens (including phenoxy) is 1. The van der Waals surface area contributed by atoms with Crippen molar-refractivity contribution in [1.29, 1.82) is 0 Å². The first-order valence-electron chi connectivity index (χ1n) is 6.25. The Balaban J connectivity index is 1.88. The molecular weight excluding hydrogens is 334 g/mol. The van der Waals surface area contributed by atoms with Gasteiger partial charge in [-0.1, -0.05) is 0 Å². The van der Waals surface area contributed by atoms with Gasteiger partial charge in [-0.25, -0.2) is 0 Å². The van der Waals surface area contributed by atoms with Crippen molar-refractivity contribution in [2.24, 2.45) is 0 Å². The maximum atomic E-state index is 12.4. The van der Waals surface area contributed by atoms with Gasteiger partial charge in [0.1, 0.15) is 5.75 Å². The molecule has 0 aliphatic heterocycles. The fraction of sp³-hybridized carbons (Fsp3) is 0.0667. The van der Waals surface area contributed by atoms with Crippen LogP contribution in [0.3, 0.4) is 0 Å². The average molecular weight is 346 g/mol. The van der Waals surface area contributed by atoms with Crippen LogP contribution in [0, 0.1) is 0 Å². The summed E-state index contributed by atoms with van der Waals surface area (Å²) >= 11 is 3.38. The minimum absolute atomic E-state index is 0.205. The van der Waals surface area contributed by atoms with E-state index in [-0.39, 0.29) is 5.91 Å². The van der Waals surface area contributed by atoms with E-state index in [0.717, 1.165) is 10.9 Å². The molecule has 2 aromatic carbocycles. The maximum Gasteiger partial charge on any atom is 0.256 e. The van der Waals surface area contributed by atoms with E-state index < -0.39 is 0 Å². The van der Waals surface area contributed by atoms with Crippen LogP contribution in [-0.2, 0) is 0 Å². The maximum absolute atomic E-state index is 12.4. The number of methoxy groups -OCH3 is 1. The van der Waals surface area contributed by atoms with Gasteiger partial charge in [-0.05, 0) is 52.3 Å². The Bertz CT molecular complexity index is 814. The molecule has 0 aliphatic rings. The predicted molar refractivity (Wildman–Crippen MR) is 84.7 cm³/mol. The Hall–Kier alpha value is -2.34. The van der Waals surface area contributed by atoms with E-state index in [0.29, 0.717) is 21.5 Å². The van der Waals surface area contributed by atoms with Crippen LogP contribution < -0.4 is 10.1 Å².